The Morgan fingerprint density at radius 3 is 2.59 bits per heavy atom. The van der Waals surface area contributed by atoms with Gasteiger partial charge < -0.3 is 15.5 Å². The highest BCUT2D eigenvalue weighted by molar-refractivity contribution is 5.81. The van der Waals surface area contributed by atoms with Crippen LogP contribution in [0.5, 0.6) is 0 Å². The van der Waals surface area contributed by atoms with Crippen LogP contribution in [0.3, 0.4) is 0 Å². The van der Waals surface area contributed by atoms with Gasteiger partial charge in [-0.3, -0.25) is 4.79 Å². The number of rotatable bonds is 5. The van der Waals surface area contributed by atoms with Gasteiger partial charge in [-0.2, -0.15) is 0 Å². The van der Waals surface area contributed by atoms with E-state index in [-0.39, 0.29) is 11.9 Å². The van der Waals surface area contributed by atoms with E-state index in [1.165, 1.54) is 6.42 Å². The molecule has 2 N–H and O–H groups in total. The molecule has 2 atom stereocenters. The Kier molecular flexibility index (Phi) is 5.92. The highest BCUT2D eigenvalue weighted by Gasteiger charge is 2.22. The lowest BCUT2D eigenvalue weighted by Crippen LogP contribution is -2.50. The first-order valence-corrected chi connectivity index (χ1v) is 6.70. The number of hydrogen-bond donors (Lipinski definition) is 2. The topological polar surface area (TPSA) is 44.4 Å². The lowest BCUT2D eigenvalue weighted by Gasteiger charge is -2.29. The summed E-state index contributed by atoms with van der Waals surface area (Å²) >= 11 is 0. The summed E-state index contributed by atoms with van der Waals surface area (Å²) in [4.78, 5) is 14.1. The zero-order valence-electron chi connectivity index (χ0n) is 11.6. The number of likely N-dealkylation sites (N-methyl/N-ethyl adjacent to an activating group) is 1. The number of amides is 1. The van der Waals surface area contributed by atoms with Crippen LogP contribution in [0.4, 0.5) is 0 Å². The normalized spacial score (nSPS) is 22.8. The molecule has 0 spiro atoms. The quantitative estimate of drug-likeness (QED) is 0.749. The summed E-state index contributed by atoms with van der Waals surface area (Å²) < 4.78 is 0. The van der Waals surface area contributed by atoms with Crippen molar-refractivity contribution in [1.29, 1.82) is 0 Å². The fraction of sp³-hybridized carbons (Fsp3) is 0.923. The van der Waals surface area contributed by atoms with Gasteiger partial charge in [-0.1, -0.05) is 20.3 Å². The van der Waals surface area contributed by atoms with E-state index in [1.807, 2.05) is 0 Å². The number of nitrogens with one attached hydrogen (secondary N) is 2. The second-order valence-corrected chi connectivity index (χ2v) is 5.52. The van der Waals surface area contributed by atoms with E-state index in [1.54, 1.807) is 0 Å². The first-order chi connectivity index (χ1) is 8.02. The zero-order chi connectivity index (χ0) is 12.8. The number of nitrogens with zero attached hydrogens (tertiary/aromatic N) is 1. The fourth-order valence-corrected chi connectivity index (χ4v) is 2.42. The summed E-state index contributed by atoms with van der Waals surface area (Å²) in [5, 5.41) is 6.35. The van der Waals surface area contributed by atoms with Crippen LogP contribution in [0.2, 0.25) is 0 Å². The van der Waals surface area contributed by atoms with Gasteiger partial charge >= 0.3 is 0 Å². The highest BCUT2D eigenvalue weighted by atomic mass is 16.2. The summed E-state index contributed by atoms with van der Waals surface area (Å²) in [6, 6.07) is 0.432. The Morgan fingerprint density at radius 2 is 2.12 bits per heavy atom. The van der Waals surface area contributed by atoms with Crippen molar-refractivity contribution in [2.75, 3.05) is 27.2 Å². The third-order valence-corrected chi connectivity index (χ3v) is 3.55. The van der Waals surface area contributed by atoms with Crippen molar-refractivity contribution in [2.24, 2.45) is 5.92 Å². The van der Waals surface area contributed by atoms with Crippen LogP contribution < -0.4 is 10.6 Å². The molecule has 1 saturated heterocycles. The molecule has 1 fully saturated rings. The van der Waals surface area contributed by atoms with Crippen molar-refractivity contribution in [3.8, 4) is 0 Å². The van der Waals surface area contributed by atoms with Gasteiger partial charge in [-0.15, -0.1) is 0 Å². The standard InChI is InChI=1S/C13H27N3O/c1-10(2)12(16(3)4)9-15-13(17)11-7-5-6-8-14-11/h10-12,14H,5-9H2,1-4H3,(H,15,17). The highest BCUT2D eigenvalue weighted by Crippen LogP contribution is 2.08. The van der Waals surface area contributed by atoms with Gasteiger partial charge in [0.15, 0.2) is 0 Å². The molecule has 0 bridgehead atoms. The summed E-state index contributed by atoms with van der Waals surface area (Å²) in [7, 11) is 4.13. The maximum Gasteiger partial charge on any atom is 0.237 e. The third-order valence-electron chi connectivity index (χ3n) is 3.55. The lowest BCUT2D eigenvalue weighted by molar-refractivity contribution is -0.123. The van der Waals surface area contributed by atoms with Crippen LogP contribution >= 0.6 is 0 Å². The molecule has 1 aliphatic rings. The van der Waals surface area contributed by atoms with Gasteiger partial charge in [0, 0.05) is 12.6 Å². The van der Waals surface area contributed by atoms with E-state index >= 15 is 0 Å². The van der Waals surface area contributed by atoms with Gasteiger partial charge in [0.25, 0.3) is 0 Å². The maximum atomic E-state index is 12.0. The number of carbonyl (C=O) groups is 1. The van der Waals surface area contributed by atoms with Crippen LogP contribution in [-0.4, -0.2) is 50.1 Å². The fourth-order valence-electron chi connectivity index (χ4n) is 2.42. The van der Waals surface area contributed by atoms with Crippen molar-refractivity contribution in [3.63, 3.8) is 0 Å². The van der Waals surface area contributed by atoms with E-state index < -0.39 is 0 Å². The Morgan fingerprint density at radius 1 is 1.41 bits per heavy atom. The molecular formula is C13H27N3O. The van der Waals surface area contributed by atoms with Crippen LogP contribution in [-0.2, 0) is 4.79 Å². The molecule has 0 aliphatic carbocycles. The Labute approximate surface area is 105 Å². The molecule has 1 heterocycles. The molecule has 4 nitrogen and oxygen atoms in total. The van der Waals surface area contributed by atoms with Crippen molar-refractivity contribution < 1.29 is 4.79 Å². The molecule has 0 radical (unpaired) electrons. The van der Waals surface area contributed by atoms with E-state index in [0.717, 1.165) is 25.9 Å². The van der Waals surface area contributed by atoms with Gasteiger partial charge in [-0.05, 0) is 39.4 Å². The molecule has 1 amide bonds. The molecule has 17 heavy (non-hydrogen) atoms. The Hall–Kier alpha value is -0.610. The summed E-state index contributed by atoms with van der Waals surface area (Å²) in [6.07, 6.45) is 3.32. The lowest BCUT2D eigenvalue weighted by atomic mass is 10.0. The largest absolute Gasteiger partial charge is 0.353 e. The van der Waals surface area contributed by atoms with Gasteiger partial charge in [0.1, 0.15) is 0 Å². The predicted molar refractivity (Wildman–Crippen MR) is 71.0 cm³/mol. The molecule has 2 unspecified atom stereocenters. The molecule has 0 saturated carbocycles. The average molecular weight is 241 g/mol. The first-order valence-electron chi connectivity index (χ1n) is 6.70. The summed E-state index contributed by atoms with van der Waals surface area (Å²) in [5.41, 5.74) is 0. The third kappa shape index (κ3) is 4.64. The van der Waals surface area contributed by atoms with E-state index in [9.17, 15) is 4.79 Å². The van der Waals surface area contributed by atoms with Crippen molar-refractivity contribution in [3.05, 3.63) is 0 Å². The van der Waals surface area contributed by atoms with Crippen LogP contribution in [0.1, 0.15) is 33.1 Å². The Balaban J connectivity index is 2.35. The van der Waals surface area contributed by atoms with Crippen LogP contribution in [0.15, 0.2) is 0 Å². The molecule has 1 aliphatic heterocycles. The van der Waals surface area contributed by atoms with Crippen molar-refractivity contribution in [2.45, 2.75) is 45.2 Å². The number of hydrogen-bond acceptors (Lipinski definition) is 3. The minimum atomic E-state index is 0.0266. The number of piperidine rings is 1. The predicted octanol–water partition coefficient (Wildman–Crippen LogP) is 0.831. The van der Waals surface area contributed by atoms with Crippen molar-refractivity contribution in [1.82, 2.24) is 15.5 Å². The van der Waals surface area contributed by atoms with E-state index in [2.05, 4.69) is 43.5 Å². The summed E-state index contributed by atoms with van der Waals surface area (Å²) in [5.74, 6) is 0.710. The van der Waals surface area contributed by atoms with Crippen LogP contribution in [0.25, 0.3) is 0 Å². The van der Waals surface area contributed by atoms with Crippen molar-refractivity contribution >= 4 is 5.91 Å². The second kappa shape index (κ2) is 6.97. The molecule has 0 aromatic rings. The average Bonchev–Trinajstić information content (AvgIpc) is 2.29. The molecule has 0 aromatic heterocycles. The zero-order valence-corrected chi connectivity index (χ0v) is 11.6. The Bertz CT molecular complexity index is 227. The molecule has 100 valence electrons. The minimum Gasteiger partial charge on any atom is -0.353 e. The molecular weight excluding hydrogens is 214 g/mol. The SMILES string of the molecule is CC(C)C(CNC(=O)C1CCCCN1)N(C)C. The molecule has 4 heteroatoms. The van der Waals surface area contributed by atoms with Gasteiger partial charge in [-0.25, -0.2) is 0 Å². The monoisotopic (exact) mass is 241 g/mol. The van der Waals surface area contributed by atoms with Crippen LogP contribution in [0, 0.1) is 5.92 Å². The molecule has 1 rings (SSSR count). The van der Waals surface area contributed by atoms with E-state index in [0.29, 0.717) is 12.0 Å². The van der Waals surface area contributed by atoms with Gasteiger partial charge in [0.2, 0.25) is 5.91 Å². The molecule has 0 aromatic carbocycles. The summed E-state index contributed by atoms with van der Waals surface area (Å²) in [6.45, 7) is 6.09. The first kappa shape index (κ1) is 14.5. The maximum absolute atomic E-state index is 12.0. The second-order valence-electron chi connectivity index (χ2n) is 5.52. The van der Waals surface area contributed by atoms with Gasteiger partial charge in [0.05, 0.1) is 6.04 Å². The smallest absolute Gasteiger partial charge is 0.237 e. The van der Waals surface area contributed by atoms with E-state index in [4.69, 9.17) is 0 Å². The number of carbonyl (C=O) groups excluding carboxylic acids is 1. The minimum absolute atomic E-state index is 0.0266.